The van der Waals surface area contributed by atoms with Gasteiger partial charge in [-0.2, -0.15) is 0 Å². The highest BCUT2D eigenvalue weighted by atomic mass is 15.2. The normalized spacial score (nSPS) is 11.0. The molecular formula is C20H21N. The third-order valence-corrected chi connectivity index (χ3v) is 3.82. The number of hydrogen-bond donors (Lipinski definition) is 0. The van der Waals surface area contributed by atoms with Gasteiger partial charge < -0.3 is 4.90 Å². The van der Waals surface area contributed by atoms with Gasteiger partial charge in [0.05, 0.1) is 0 Å². The van der Waals surface area contributed by atoms with Gasteiger partial charge in [0.15, 0.2) is 0 Å². The molecule has 0 saturated heterocycles. The zero-order chi connectivity index (χ0) is 14.8. The van der Waals surface area contributed by atoms with E-state index in [1.165, 1.54) is 27.7 Å². The average molecular weight is 275 g/mol. The summed E-state index contributed by atoms with van der Waals surface area (Å²) in [6.45, 7) is 6.62. The van der Waals surface area contributed by atoms with Crippen molar-refractivity contribution in [2.75, 3.05) is 4.90 Å². The smallest absolute Gasteiger partial charge is 0.0492 e. The standard InChI is InChI=1S/C20H21N/c1-15(2)21(18-11-6-8-16(3)14-18)20-13-7-10-17-9-4-5-12-19(17)20/h4-15H,1-3H3. The van der Waals surface area contributed by atoms with E-state index in [0.717, 1.165) is 0 Å². The van der Waals surface area contributed by atoms with Gasteiger partial charge in [-0.05, 0) is 49.9 Å². The lowest BCUT2D eigenvalue weighted by molar-refractivity contribution is 0.791. The van der Waals surface area contributed by atoms with Crippen molar-refractivity contribution >= 4 is 22.1 Å². The minimum absolute atomic E-state index is 0.401. The van der Waals surface area contributed by atoms with Crippen molar-refractivity contribution in [1.82, 2.24) is 0 Å². The van der Waals surface area contributed by atoms with E-state index in [9.17, 15) is 0 Å². The van der Waals surface area contributed by atoms with Crippen molar-refractivity contribution in [2.45, 2.75) is 26.8 Å². The number of aryl methyl sites for hydroxylation is 1. The van der Waals surface area contributed by atoms with Crippen LogP contribution in [0.5, 0.6) is 0 Å². The number of nitrogens with zero attached hydrogens (tertiary/aromatic N) is 1. The van der Waals surface area contributed by atoms with E-state index in [0.29, 0.717) is 6.04 Å². The van der Waals surface area contributed by atoms with Gasteiger partial charge >= 0.3 is 0 Å². The lowest BCUT2D eigenvalue weighted by Crippen LogP contribution is -2.25. The molecule has 0 radical (unpaired) electrons. The number of hydrogen-bond acceptors (Lipinski definition) is 1. The summed E-state index contributed by atoms with van der Waals surface area (Å²) in [7, 11) is 0. The van der Waals surface area contributed by atoms with Crippen LogP contribution in [-0.2, 0) is 0 Å². The molecule has 0 unspecified atom stereocenters. The second-order valence-corrected chi connectivity index (χ2v) is 5.80. The first-order chi connectivity index (χ1) is 10.2. The Labute approximate surface area is 126 Å². The van der Waals surface area contributed by atoms with Gasteiger partial charge in [0.2, 0.25) is 0 Å². The maximum absolute atomic E-state index is 2.41. The molecule has 0 aliphatic carbocycles. The first-order valence-electron chi connectivity index (χ1n) is 7.50. The minimum Gasteiger partial charge on any atom is -0.338 e. The molecule has 0 saturated carbocycles. The van der Waals surface area contributed by atoms with Gasteiger partial charge in [0.25, 0.3) is 0 Å². The number of fused-ring (bicyclic) bond motifs is 1. The van der Waals surface area contributed by atoms with Crippen LogP contribution in [0, 0.1) is 6.92 Å². The Bertz CT molecular complexity index is 753. The number of benzene rings is 3. The Hall–Kier alpha value is -2.28. The lowest BCUT2D eigenvalue weighted by Gasteiger charge is -2.30. The van der Waals surface area contributed by atoms with Crippen LogP contribution in [0.1, 0.15) is 19.4 Å². The van der Waals surface area contributed by atoms with Crippen LogP contribution in [0.3, 0.4) is 0 Å². The summed E-state index contributed by atoms with van der Waals surface area (Å²) >= 11 is 0. The van der Waals surface area contributed by atoms with E-state index in [1.54, 1.807) is 0 Å². The first kappa shape index (κ1) is 13.7. The highest BCUT2D eigenvalue weighted by molar-refractivity contribution is 5.96. The fraction of sp³-hybridized carbons (Fsp3) is 0.200. The minimum atomic E-state index is 0.401. The highest BCUT2D eigenvalue weighted by Crippen LogP contribution is 2.34. The fourth-order valence-corrected chi connectivity index (χ4v) is 2.91. The molecule has 0 atom stereocenters. The van der Waals surface area contributed by atoms with Crippen LogP contribution in [0.15, 0.2) is 66.7 Å². The van der Waals surface area contributed by atoms with Crippen LogP contribution in [0.25, 0.3) is 10.8 Å². The largest absolute Gasteiger partial charge is 0.338 e. The molecule has 0 aromatic heterocycles. The van der Waals surface area contributed by atoms with Gasteiger partial charge in [-0.15, -0.1) is 0 Å². The summed E-state index contributed by atoms with van der Waals surface area (Å²) in [4.78, 5) is 2.41. The molecule has 3 rings (SSSR count). The van der Waals surface area contributed by atoms with Crippen LogP contribution in [0.4, 0.5) is 11.4 Å². The predicted octanol–water partition coefficient (Wildman–Crippen LogP) is 5.69. The Morgan fingerprint density at radius 1 is 0.810 bits per heavy atom. The Kier molecular flexibility index (Phi) is 3.66. The zero-order valence-electron chi connectivity index (χ0n) is 12.9. The maximum atomic E-state index is 2.41. The SMILES string of the molecule is Cc1cccc(N(c2cccc3ccccc23)C(C)C)c1. The average Bonchev–Trinajstić information content (AvgIpc) is 2.47. The molecule has 3 aromatic rings. The van der Waals surface area contributed by atoms with Crippen molar-refractivity contribution in [3.63, 3.8) is 0 Å². The summed E-state index contributed by atoms with van der Waals surface area (Å²) in [6.07, 6.45) is 0. The third-order valence-electron chi connectivity index (χ3n) is 3.82. The highest BCUT2D eigenvalue weighted by Gasteiger charge is 2.15. The molecule has 3 aromatic carbocycles. The van der Waals surface area contributed by atoms with Crippen LogP contribution >= 0.6 is 0 Å². The molecule has 1 heteroatoms. The molecule has 21 heavy (non-hydrogen) atoms. The van der Waals surface area contributed by atoms with Gasteiger partial charge in [0.1, 0.15) is 0 Å². The molecule has 0 fully saturated rings. The van der Waals surface area contributed by atoms with Gasteiger partial charge in [-0.1, -0.05) is 48.5 Å². The molecule has 0 bridgehead atoms. The number of rotatable bonds is 3. The maximum Gasteiger partial charge on any atom is 0.0492 e. The van der Waals surface area contributed by atoms with Crippen LogP contribution in [0.2, 0.25) is 0 Å². The molecular weight excluding hydrogens is 254 g/mol. The summed E-state index contributed by atoms with van der Waals surface area (Å²) in [5, 5.41) is 2.59. The van der Waals surface area contributed by atoms with Gasteiger partial charge in [-0.3, -0.25) is 0 Å². The molecule has 0 heterocycles. The number of anilines is 2. The molecule has 0 aliphatic rings. The van der Waals surface area contributed by atoms with E-state index in [2.05, 4.69) is 92.4 Å². The summed E-state index contributed by atoms with van der Waals surface area (Å²) in [5.41, 5.74) is 3.81. The topological polar surface area (TPSA) is 3.24 Å². The summed E-state index contributed by atoms with van der Waals surface area (Å²) in [5.74, 6) is 0. The van der Waals surface area contributed by atoms with Gasteiger partial charge in [0, 0.05) is 22.8 Å². The Morgan fingerprint density at radius 3 is 2.29 bits per heavy atom. The van der Waals surface area contributed by atoms with Crippen molar-refractivity contribution < 1.29 is 0 Å². The molecule has 1 nitrogen and oxygen atoms in total. The summed E-state index contributed by atoms with van der Waals surface area (Å²) in [6, 6.07) is 24.2. The van der Waals surface area contributed by atoms with Crippen molar-refractivity contribution in [3.05, 3.63) is 72.3 Å². The molecule has 0 N–H and O–H groups in total. The molecule has 0 aliphatic heterocycles. The second-order valence-electron chi connectivity index (χ2n) is 5.80. The monoisotopic (exact) mass is 275 g/mol. The summed E-state index contributed by atoms with van der Waals surface area (Å²) < 4.78 is 0. The quantitative estimate of drug-likeness (QED) is 0.593. The van der Waals surface area contributed by atoms with Crippen LogP contribution in [-0.4, -0.2) is 6.04 Å². The predicted molar refractivity (Wildman–Crippen MR) is 92.4 cm³/mol. The second kappa shape index (κ2) is 5.61. The molecule has 106 valence electrons. The third kappa shape index (κ3) is 2.64. The van der Waals surface area contributed by atoms with Crippen LogP contribution < -0.4 is 4.90 Å². The first-order valence-corrected chi connectivity index (χ1v) is 7.50. The lowest BCUT2D eigenvalue weighted by atomic mass is 10.1. The molecule has 0 amide bonds. The zero-order valence-corrected chi connectivity index (χ0v) is 12.9. The van der Waals surface area contributed by atoms with Crippen molar-refractivity contribution in [2.24, 2.45) is 0 Å². The van der Waals surface area contributed by atoms with E-state index in [4.69, 9.17) is 0 Å². The van der Waals surface area contributed by atoms with Gasteiger partial charge in [-0.25, -0.2) is 0 Å². The Balaban J connectivity index is 2.21. The molecule has 0 spiro atoms. The van der Waals surface area contributed by atoms with Crippen molar-refractivity contribution in [3.8, 4) is 0 Å². The van der Waals surface area contributed by atoms with E-state index in [1.807, 2.05) is 0 Å². The van der Waals surface area contributed by atoms with E-state index >= 15 is 0 Å². The van der Waals surface area contributed by atoms with E-state index in [-0.39, 0.29) is 0 Å². The van der Waals surface area contributed by atoms with Crippen molar-refractivity contribution in [1.29, 1.82) is 0 Å². The van der Waals surface area contributed by atoms with E-state index < -0.39 is 0 Å². The Morgan fingerprint density at radius 2 is 1.52 bits per heavy atom. The fourth-order valence-electron chi connectivity index (χ4n) is 2.91.